The topological polar surface area (TPSA) is 132 Å². The van der Waals surface area contributed by atoms with Gasteiger partial charge in [-0.25, -0.2) is 0 Å². The molecule has 0 radical (unpaired) electrons. The van der Waals surface area contributed by atoms with E-state index in [1.165, 1.54) is 6.07 Å². The van der Waals surface area contributed by atoms with Gasteiger partial charge in [-0.05, 0) is 54.4 Å². The summed E-state index contributed by atoms with van der Waals surface area (Å²) < 4.78 is 0. The number of benzene rings is 2. The number of phenols is 1. The van der Waals surface area contributed by atoms with E-state index in [0.29, 0.717) is 5.56 Å². The molecule has 7 nitrogen and oxygen atoms in total. The Balaban J connectivity index is 1.90. The van der Waals surface area contributed by atoms with Gasteiger partial charge < -0.3 is 20.4 Å². The van der Waals surface area contributed by atoms with Crippen molar-refractivity contribution in [1.29, 1.82) is 0 Å². The van der Waals surface area contributed by atoms with Gasteiger partial charge in [0.25, 0.3) is 0 Å². The quantitative estimate of drug-likeness (QED) is 0.333. The zero-order valence-corrected chi connectivity index (χ0v) is 24.8. The lowest BCUT2D eigenvalue weighted by atomic mass is 9.39. The number of fused-ring (bicyclic) bond motifs is 3. The van der Waals surface area contributed by atoms with Gasteiger partial charge in [-0.3, -0.25) is 14.4 Å². The number of carbonyl (C=O) groups is 3. The van der Waals surface area contributed by atoms with Crippen LogP contribution in [0.1, 0.15) is 75.9 Å². The van der Waals surface area contributed by atoms with Gasteiger partial charge in [0.2, 0.25) is 5.78 Å². The van der Waals surface area contributed by atoms with E-state index in [2.05, 4.69) is 0 Å². The normalized spacial score (nSPS) is 33.1. The number of ketones is 3. The summed E-state index contributed by atoms with van der Waals surface area (Å²) in [7, 11) is 0. The summed E-state index contributed by atoms with van der Waals surface area (Å²) in [6.45, 7) is 14.0. The lowest BCUT2D eigenvalue weighted by molar-refractivity contribution is -0.189. The van der Waals surface area contributed by atoms with Crippen LogP contribution in [0.25, 0.3) is 11.1 Å². The molecule has 0 saturated heterocycles. The van der Waals surface area contributed by atoms with Crippen LogP contribution in [0.5, 0.6) is 5.75 Å². The third-order valence-electron chi connectivity index (χ3n) is 10.8. The fraction of sp³-hybridized carbons (Fsp3) is 0.441. The molecule has 0 spiro atoms. The number of hydrogen-bond donors (Lipinski definition) is 4. The summed E-state index contributed by atoms with van der Waals surface area (Å²) in [6.07, 6.45) is 0. The molecular weight excluding hydrogens is 520 g/mol. The Morgan fingerprint density at radius 3 is 2.07 bits per heavy atom. The van der Waals surface area contributed by atoms with E-state index in [1.54, 1.807) is 13.0 Å². The molecule has 2 aromatic carbocycles. The monoisotopic (exact) mass is 558 g/mol. The lowest BCUT2D eigenvalue weighted by Crippen LogP contribution is -2.71. The Labute approximate surface area is 240 Å². The maximum Gasteiger partial charge on any atom is 0.209 e. The van der Waals surface area contributed by atoms with Crippen LogP contribution in [-0.4, -0.2) is 43.4 Å². The molecule has 1 unspecified atom stereocenters. The van der Waals surface area contributed by atoms with Crippen LogP contribution in [0, 0.1) is 35.5 Å². The first kappa shape index (κ1) is 28.8. The van der Waals surface area contributed by atoms with Gasteiger partial charge in [-0.15, -0.1) is 0 Å². The van der Waals surface area contributed by atoms with Crippen LogP contribution < -0.4 is 0 Å². The zero-order valence-electron chi connectivity index (χ0n) is 24.8. The predicted molar refractivity (Wildman–Crippen MR) is 155 cm³/mol. The van der Waals surface area contributed by atoms with Gasteiger partial charge in [-0.1, -0.05) is 77.4 Å². The van der Waals surface area contributed by atoms with Crippen LogP contribution in [0.2, 0.25) is 0 Å². The number of phenolic OH excluding ortho intramolecular Hbond substituents is 1. The maximum atomic E-state index is 14.4. The molecule has 216 valence electrons. The Bertz CT molecular complexity index is 1590. The van der Waals surface area contributed by atoms with Gasteiger partial charge >= 0.3 is 0 Å². The van der Waals surface area contributed by atoms with Gasteiger partial charge in [0.05, 0.1) is 5.56 Å². The molecule has 0 saturated carbocycles. The van der Waals surface area contributed by atoms with E-state index in [0.717, 1.165) is 23.6 Å². The smallest absolute Gasteiger partial charge is 0.209 e. The van der Waals surface area contributed by atoms with Crippen LogP contribution in [0.15, 0.2) is 59.1 Å². The molecule has 0 fully saturated rings. The second kappa shape index (κ2) is 8.89. The highest BCUT2D eigenvalue weighted by atomic mass is 16.3. The standard InChI is InChI=1S/C34H38O7/c1-15(2)26-28(37)24(18(5)35)30(39)34(41)31(40)27-29(38)25-22(36)14-13-21(20-11-9-16(3)10-12-20)23(25)17(4)32(27,7)19(6)33(26,34)8/h9-15,17,19,26,36-37,40-41H,1-8H3/t17-,19-,26?,32-,33-,34+/m1/s1. The Hall–Kier alpha value is -3.71. The number of aliphatic hydroxyl groups excluding tert-OH is 2. The van der Waals surface area contributed by atoms with E-state index < -0.39 is 68.6 Å². The second-order valence-corrected chi connectivity index (χ2v) is 12.9. The van der Waals surface area contributed by atoms with Gasteiger partial charge in [-0.2, -0.15) is 0 Å². The zero-order chi connectivity index (χ0) is 30.6. The van der Waals surface area contributed by atoms with Crippen molar-refractivity contribution in [2.45, 2.75) is 66.9 Å². The lowest BCUT2D eigenvalue weighted by Gasteiger charge is -2.64. The minimum Gasteiger partial charge on any atom is -0.511 e. The number of aromatic hydroxyl groups is 1. The van der Waals surface area contributed by atoms with Crippen molar-refractivity contribution < 1.29 is 34.8 Å². The largest absolute Gasteiger partial charge is 0.511 e. The molecule has 41 heavy (non-hydrogen) atoms. The molecule has 0 bridgehead atoms. The van der Waals surface area contributed by atoms with Crippen molar-refractivity contribution in [3.05, 3.63) is 75.8 Å². The van der Waals surface area contributed by atoms with E-state index in [-0.39, 0.29) is 22.8 Å². The Kier molecular flexibility index (Phi) is 6.25. The molecule has 2 aromatic rings. The number of Topliss-reactive ketones (excluding diaryl/α,β-unsaturated/α-hetero) is 3. The fourth-order valence-electron chi connectivity index (χ4n) is 8.43. The van der Waals surface area contributed by atoms with Gasteiger partial charge in [0, 0.05) is 22.3 Å². The molecule has 7 heteroatoms. The summed E-state index contributed by atoms with van der Waals surface area (Å²) in [4.78, 5) is 41.0. The summed E-state index contributed by atoms with van der Waals surface area (Å²) in [5.74, 6) is -6.38. The molecule has 3 aliphatic carbocycles. The molecule has 6 atom stereocenters. The molecule has 0 heterocycles. The van der Waals surface area contributed by atoms with Crippen LogP contribution in [0.4, 0.5) is 0 Å². The first-order valence-electron chi connectivity index (χ1n) is 14.1. The van der Waals surface area contributed by atoms with Crippen molar-refractivity contribution in [2.24, 2.45) is 28.6 Å². The minimum atomic E-state index is -2.65. The SMILES string of the molecule is CC(=O)C1=C(O)C(C(C)C)[C@@]2(C)[C@H](C)[C@]3(C)C(=C(O)[C@@]2(O)C1=O)C(=O)c1c(O)ccc(-c2ccc(C)cc2)c1[C@H]3C. The molecule has 0 aliphatic heterocycles. The summed E-state index contributed by atoms with van der Waals surface area (Å²) >= 11 is 0. The van der Waals surface area contributed by atoms with E-state index in [4.69, 9.17) is 0 Å². The average Bonchev–Trinajstić information content (AvgIpc) is 2.89. The Morgan fingerprint density at radius 1 is 0.951 bits per heavy atom. The molecule has 5 rings (SSSR count). The van der Waals surface area contributed by atoms with Crippen LogP contribution >= 0.6 is 0 Å². The van der Waals surface area contributed by atoms with Crippen molar-refractivity contribution in [1.82, 2.24) is 0 Å². The van der Waals surface area contributed by atoms with E-state index in [1.807, 2.05) is 65.8 Å². The van der Waals surface area contributed by atoms with E-state index >= 15 is 0 Å². The predicted octanol–water partition coefficient (Wildman–Crippen LogP) is 6.13. The summed E-state index contributed by atoms with van der Waals surface area (Å²) in [5.41, 5.74) is -2.68. The molecule has 0 aromatic heterocycles. The van der Waals surface area contributed by atoms with Crippen molar-refractivity contribution in [2.75, 3.05) is 0 Å². The molecule has 0 amide bonds. The first-order valence-corrected chi connectivity index (χ1v) is 14.1. The number of carbonyl (C=O) groups excluding carboxylic acids is 3. The van der Waals surface area contributed by atoms with Gasteiger partial charge in [0.15, 0.2) is 17.2 Å². The number of hydrogen-bond acceptors (Lipinski definition) is 7. The third-order valence-corrected chi connectivity index (χ3v) is 10.8. The van der Waals surface area contributed by atoms with Crippen molar-refractivity contribution in [3.8, 4) is 16.9 Å². The molecular formula is C34H38O7. The van der Waals surface area contributed by atoms with Crippen LogP contribution in [-0.2, 0) is 9.59 Å². The third kappa shape index (κ3) is 3.27. The molecule has 3 aliphatic rings. The highest BCUT2D eigenvalue weighted by Gasteiger charge is 2.74. The van der Waals surface area contributed by atoms with Crippen LogP contribution in [0.3, 0.4) is 0 Å². The molecule has 4 N–H and O–H groups in total. The Morgan fingerprint density at radius 2 is 1.54 bits per heavy atom. The van der Waals surface area contributed by atoms with E-state index in [9.17, 15) is 34.8 Å². The number of aliphatic hydroxyl groups is 3. The highest BCUT2D eigenvalue weighted by Crippen LogP contribution is 2.70. The minimum absolute atomic E-state index is 0.0165. The van der Waals surface area contributed by atoms with Crippen molar-refractivity contribution in [3.63, 3.8) is 0 Å². The number of rotatable bonds is 3. The van der Waals surface area contributed by atoms with Crippen molar-refractivity contribution >= 4 is 17.3 Å². The average molecular weight is 559 g/mol. The number of allylic oxidation sites excluding steroid dienone is 2. The summed E-state index contributed by atoms with van der Waals surface area (Å²) in [5, 5.41) is 46.8. The first-order chi connectivity index (χ1) is 19.0. The second-order valence-electron chi connectivity index (χ2n) is 12.9. The highest BCUT2D eigenvalue weighted by molar-refractivity contribution is 6.25. The maximum absolute atomic E-state index is 14.4. The summed E-state index contributed by atoms with van der Waals surface area (Å²) in [6, 6.07) is 11.1. The van der Waals surface area contributed by atoms with Gasteiger partial charge in [0.1, 0.15) is 22.8 Å². The fourth-order valence-corrected chi connectivity index (χ4v) is 8.43. The number of aryl methyl sites for hydroxylation is 1.